The predicted molar refractivity (Wildman–Crippen MR) is 117 cm³/mol. The van der Waals surface area contributed by atoms with E-state index in [9.17, 15) is 20.1 Å². The molecule has 1 aromatic rings. The third-order valence-corrected chi connectivity index (χ3v) is 6.68. The summed E-state index contributed by atoms with van der Waals surface area (Å²) in [5.41, 5.74) is 0.0529. The van der Waals surface area contributed by atoms with Crippen LogP contribution in [0.25, 0.3) is 0 Å². The second kappa shape index (κ2) is 9.23. The number of nitrogens with zero attached hydrogens (tertiary/aromatic N) is 2. The highest BCUT2D eigenvalue weighted by Gasteiger charge is 2.49. The maximum Gasteiger partial charge on any atom is 0.408 e. The number of thioether (sulfide) groups is 1. The maximum atomic E-state index is 11.8. The molecule has 166 valence electrons. The van der Waals surface area contributed by atoms with Crippen molar-refractivity contribution in [1.82, 2.24) is 10.2 Å². The highest BCUT2D eigenvalue weighted by atomic mass is 32.2. The lowest BCUT2D eigenvalue weighted by Gasteiger charge is -2.38. The number of hydrogen-bond acceptors (Lipinski definition) is 7. The van der Waals surface area contributed by atoms with E-state index in [0.717, 1.165) is 5.56 Å². The summed E-state index contributed by atoms with van der Waals surface area (Å²) in [5.74, 6) is 0. The summed E-state index contributed by atoms with van der Waals surface area (Å²) >= 11 is 1.33. The van der Waals surface area contributed by atoms with E-state index in [1.807, 2.05) is 51.1 Å². The second-order valence-corrected chi connectivity index (χ2v) is 9.83. The molecule has 1 saturated heterocycles. The Morgan fingerprint density at radius 1 is 1.27 bits per heavy atom. The van der Waals surface area contributed by atoms with Crippen molar-refractivity contribution in [2.75, 3.05) is 6.54 Å². The Morgan fingerprint density at radius 2 is 1.93 bits per heavy atom. The molecule has 2 heterocycles. The Kier molecular flexibility index (Phi) is 7.09. The van der Waals surface area contributed by atoms with Crippen molar-refractivity contribution in [3.05, 3.63) is 35.9 Å². The molecule has 0 saturated carbocycles. The highest BCUT2D eigenvalue weighted by Crippen LogP contribution is 2.38. The summed E-state index contributed by atoms with van der Waals surface area (Å²) in [6.07, 6.45) is -3.76. The summed E-state index contributed by atoms with van der Waals surface area (Å²) in [6, 6.07) is 8.79. The minimum atomic E-state index is -1.08. The van der Waals surface area contributed by atoms with E-state index in [-0.39, 0.29) is 0 Å². The minimum absolute atomic E-state index is 0.380. The van der Waals surface area contributed by atoms with Crippen molar-refractivity contribution in [3.8, 4) is 0 Å². The molecule has 2 aliphatic rings. The van der Waals surface area contributed by atoms with Gasteiger partial charge in [0.05, 0.1) is 11.1 Å². The first-order chi connectivity index (χ1) is 14.1. The van der Waals surface area contributed by atoms with Crippen molar-refractivity contribution >= 4 is 22.9 Å². The topological polar surface area (TPSA) is 115 Å². The Bertz CT molecular complexity index is 770. The molecule has 8 nitrogen and oxygen atoms in total. The molecule has 9 heteroatoms. The van der Waals surface area contributed by atoms with E-state index in [2.05, 4.69) is 10.3 Å². The number of carbonyl (C=O) groups is 1. The van der Waals surface area contributed by atoms with Gasteiger partial charge in [-0.2, -0.15) is 0 Å². The number of hydrogen-bond donors (Lipinski definition) is 4. The monoisotopic (exact) mass is 437 g/mol. The molecule has 6 atom stereocenters. The Labute approximate surface area is 181 Å². The van der Waals surface area contributed by atoms with Crippen molar-refractivity contribution in [1.29, 1.82) is 0 Å². The normalized spacial score (nSPS) is 29.8. The first-order valence-electron chi connectivity index (χ1n) is 10.1. The van der Waals surface area contributed by atoms with Crippen LogP contribution >= 0.6 is 11.8 Å². The van der Waals surface area contributed by atoms with Gasteiger partial charge in [0.25, 0.3) is 0 Å². The van der Waals surface area contributed by atoms with Crippen molar-refractivity contribution in [2.24, 2.45) is 4.99 Å². The Balaban J connectivity index is 1.64. The first-order valence-corrected chi connectivity index (χ1v) is 11.0. The van der Waals surface area contributed by atoms with Crippen LogP contribution in [0.15, 0.2) is 35.3 Å². The van der Waals surface area contributed by atoms with Crippen LogP contribution < -0.4 is 5.32 Å². The molecule has 1 amide bonds. The van der Waals surface area contributed by atoms with Crippen molar-refractivity contribution in [3.63, 3.8) is 0 Å². The van der Waals surface area contributed by atoms with Crippen LogP contribution in [0.1, 0.15) is 33.3 Å². The molecular weight excluding hydrogens is 406 g/mol. The van der Waals surface area contributed by atoms with E-state index >= 15 is 0 Å². The van der Waals surface area contributed by atoms with Gasteiger partial charge < -0.3 is 25.4 Å². The molecule has 4 N–H and O–H groups in total. The fourth-order valence-electron chi connectivity index (χ4n) is 3.92. The Morgan fingerprint density at radius 3 is 2.53 bits per heavy atom. The number of carboxylic acid groups (broad SMARTS) is 1. The van der Waals surface area contributed by atoms with Crippen LogP contribution in [0.4, 0.5) is 4.79 Å². The van der Waals surface area contributed by atoms with E-state index in [1.165, 1.54) is 16.7 Å². The third-order valence-electron chi connectivity index (χ3n) is 5.37. The predicted octanol–water partition coefficient (Wildman–Crippen LogP) is 1.90. The van der Waals surface area contributed by atoms with Crippen LogP contribution in [0.2, 0.25) is 0 Å². The van der Waals surface area contributed by atoms with Gasteiger partial charge in [0.2, 0.25) is 0 Å². The smallest absolute Gasteiger partial charge is 0.408 e. The third kappa shape index (κ3) is 4.97. The van der Waals surface area contributed by atoms with Gasteiger partial charge >= 0.3 is 6.09 Å². The largest absolute Gasteiger partial charge is 0.465 e. The molecule has 1 fully saturated rings. The Hall–Kier alpha value is -1.65. The molecule has 30 heavy (non-hydrogen) atoms. The number of rotatable bonds is 6. The zero-order chi connectivity index (χ0) is 22.1. The van der Waals surface area contributed by atoms with Gasteiger partial charge in [-0.05, 0) is 33.3 Å². The average molecular weight is 438 g/mol. The number of nitrogens with one attached hydrogen (secondary N) is 1. The van der Waals surface area contributed by atoms with Crippen molar-refractivity contribution < 1.29 is 24.9 Å². The van der Waals surface area contributed by atoms with Gasteiger partial charge in [-0.25, -0.2) is 4.79 Å². The molecule has 1 unspecified atom stereocenters. The second-order valence-electron chi connectivity index (χ2n) is 8.72. The molecule has 0 aromatic heterocycles. The molecular formula is C21H31N3O5S. The summed E-state index contributed by atoms with van der Waals surface area (Å²) in [4.78, 5) is 17.7. The van der Waals surface area contributed by atoms with Gasteiger partial charge in [0, 0.05) is 18.6 Å². The lowest BCUT2D eigenvalue weighted by atomic mass is 9.98. The minimum Gasteiger partial charge on any atom is -0.465 e. The number of aliphatic hydroxyl groups is 2. The van der Waals surface area contributed by atoms with Crippen LogP contribution in [0, 0.1) is 0 Å². The number of benzene rings is 1. The highest BCUT2D eigenvalue weighted by molar-refractivity contribution is 8.14. The van der Waals surface area contributed by atoms with E-state index in [1.54, 1.807) is 6.92 Å². The van der Waals surface area contributed by atoms with Crippen LogP contribution in [0.3, 0.4) is 0 Å². The zero-order valence-corrected chi connectivity index (χ0v) is 18.5. The van der Waals surface area contributed by atoms with Crippen LogP contribution in [-0.2, 0) is 11.3 Å². The quantitative estimate of drug-likeness (QED) is 0.537. The summed E-state index contributed by atoms with van der Waals surface area (Å²) in [5, 5.41) is 34.7. The van der Waals surface area contributed by atoms with E-state index in [4.69, 9.17) is 4.74 Å². The molecule has 1 aromatic carbocycles. The average Bonchev–Trinajstić information content (AvgIpc) is 3.09. The van der Waals surface area contributed by atoms with Crippen molar-refractivity contribution in [2.45, 2.75) is 75.6 Å². The molecule has 0 spiro atoms. The number of amides is 1. The zero-order valence-electron chi connectivity index (χ0n) is 17.7. The number of aliphatic imine (C=N–C) groups is 1. The summed E-state index contributed by atoms with van der Waals surface area (Å²) in [6.45, 7) is 8.27. The van der Waals surface area contributed by atoms with Gasteiger partial charge in [-0.3, -0.25) is 9.89 Å². The molecule has 0 bridgehead atoms. The lowest BCUT2D eigenvalue weighted by Crippen LogP contribution is -2.57. The standard InChI is InChI=1S/C21H31N3O5S/c1-12(24(20(27)28)21(2,3)4)18-23-15-17(26)16(25)14(29-19(15)30-18)11-22-10-13-8-6-5-7-9-13/h5-9,12,14-17,19,22,25-26H,10-11H2,1-4H3,(H,27,28)/t12?,14-,15-,16-,17-,19-/m1/s1. The molecule has 3 rings (SSSR count). The number of aliphatic hydroxyl groups excluding tert-OH is 2. The summed E-state index contributed by atoms with van der Waals surface area (Å²) in [7, 11) is 0. The van der Waals surface area contributed by atoms with E-state index in [0.29, 0.717) is 18.1 Å². The number of ether oxygens (including phenoxy) is 1. The molecule has 0 radical (unpaired) electrons. The van der Waals surface area contributed by atoms with Gasteiger partial charge in [0.15, 0.2) is 0 Å². The fourth-order valence-corrected chi connectivity index (χ4v) is 5.20. The maximum absolute atomic E-state index is 11.8. The van der Waals surface area contributed by atoms with Crippen LogP contribution in [0.5, 0.6) is 0 Å². The SMILES string of the molecule is CC(C1=N[C@@H]2[C@@H](O)[C@H](O)[C@@H](CNCc3ccccc3)O[C@@H]2S1)N(C(=O)O)C(C)(C)C. The van der Waals surface area contributed by atoms with Crippen LogP contribution in [-0.4, -0.2) is 79.3 Å². The van der Waals surface area contributed by atoms with Gasteiger partial charge in [-0.1, -0.05) is 42.1 Å². The molecule has 0 aliphatic carbocycles. The van der Waals surface area contributed by atoms with Gasteiger partial charge in [-0.15, -0.1) is 0 Å². The fraction of sp³-hybridized carbons (Fsp3) is 0.619. The number of fused-ring (bicyclic) bond motifs is 1. The first kappa shape index (κ1) is 23.0. The van der Waals surface area contributed by atoms with Gasteiger partial charge in [0.1, 0.15) is 29.8 Å². The lowest BCUT2D eigenvalue weighted by molar-refractivity contribution is -0.150. The van der Waals surface area contributed by atoms with E-state index < -0.39 is 47.5 Å². The molecule has 2 aliphatic heterocycles. The summed E-state index contributed by atoms with van der Waals surface area (Å²) < 4.78 is 6.05.